The van der Waals surface area contributed by atoms with Crippen molar-refractivity contribution in [1.82, 2.24) is 10.3 Å². The number of hydrogen-bond donors (Lipinski definition) is 1. The molecule has 1 N–H and O–H groups in total. The summed E-state index contributed by atoms with van der Waals surface area (Å²) in [6.45, 7) is 6.74. The molecule has 1 aromatic carbocycles. The fraction of sp³-hybridized carbons (Fsp3) is 0.438. The maximum absolute atomic E-state index is 4.16. The molecular weight excluding hydrogens is 252 g/mol. The van der Waals surface area contributed by atoms with Gasteiger partial charge in [-0.05, 0) is 30.0 Å². The average Bonchev–Trinajstić information content (AvgIpc) is 2.89. The van der Waals surface area contributed by atoms with Crippen LogP contribution in [0.3, 0.4) is 0 Å². The second-order valence-electron chi connectivity index (χ2n) is 5.90. The van der Waals surface area contributed by atoms with Crippen molar-refractivity contribution in [1.29, 1.82) is 0 Å². The lowest BCUT2D eigenvalue weighted by Crippen LogP contribution is -2.18. The Morgan fingerprint density at radius 2 is 1.89 bits per heavy atom. The van der Waals surface area contributed by atoms with Crippen molar-refractivity contribution in [3.05, 3.63) is 52.0 Å². The number of likely N-dealkylation sites (N-methyl/N-ethyl adjacent to an activating group) is 1. The van der Waals surface area contributed by atoms with Gasteiger partial charge in [-0.1, -0.05) is 45.0 Å². The van der Waals surface area contributed by atoms with Gasteiger partial charge in [-0.3, -0.25) is 4.98 Å². The topological polar surface area (TPSA) is 24.9 Å². The Kier molecular flexibility index (Phi) is 4.38. The number of nitrogens with one attached hydrogen (secondary N) is 1. The zero-order chi connectivity index (χ0) is 13.9. The van der Waals surface area contributed by atoms with E-state index < -0.39 is 0 Å². The van der Waals surface area contributed by atoms with E-state index in [-0.39, 0.29) is 5.41 Å². The Morgan fingerprint density at radius 1 is 1.21 bits per heavy atom. The minimum Gasteiger partial charge on any atom is -0.312 e. The predicted molar refractivity (Wildman–Crippen MR) is 82.8 cm³/mol. The summed E-state index contributed by atoms with van der Waals surface area (Å²) >= 11 is 1.71. The Labute approximate surface area is 119 Å². The third-order valence-corrected chi connectivity index (χ3v) is 4.29. The number of rotatable bonds is 4. The van der Waals surface area contributed by atoms with Crippen molar-refractivity contribution in [2.45, 2.75) is 38.6 Å². The number of benzene rings is 1. The summed E-state index contributed by atoms with van der Waals surface area (Å²) in [5, 5.41) is 3.37. The molecular formula is C16H22N2S. The first-order chi connectivity index (χ1) is 9.00. The van der Waals surface area contributed by atoms with E-state index in [1.807, 2.05) is 18.8 Å². The van der Waals surface area contributed by atoms with E-state index in [1.54, 1.807) is 11.3 Å². The van der Waals surface area contributed by atoms with Gasteiger partial charge in [-0.15, -0.1) is 11.3 Å². The smallest absolute Gasteiger partial charge is 0.0794 e. The SMILES string of the molecule is CNC(Cc1ccc(C(C)(C)C)cc1)c1cncs1. The zero-order valence-electron chi connectivity index (χ0n) is 12.1. The van der Waals surface area contributed by atoms with E-state index in [0.29, 0.717) is 6.04 Å². The first-order valence-electron chi connectivity index (χ1n) is 6.66. The van der Waals surface area contributed by atoms with Crippen LogP contribution in [0, 0.1) is 0 Å². The van der Waals surface area contributed by atoms with Crippen molar-refractivity contribution in [3.63, 3.8) is 0 Å². The second-order valence-corrected chi connectivity index (χ2v) is 6.81. The molecule has 0 bridgehead atoms. The second kappa shape index (κ2) is 5.85. The molecule has 2 rings (SSSR count). The van der Waals surface area contributed by atoms with Crippen molar-refractivity contribution in [3.8, 4) is 0 Å². The molecule has 102 valence electrons. The molecule has 1 aromatic heterocycles. The molecule has 1 unspecified atom stereocenters. The Hall–Kier alpha value is -1.19. The minimum atomic E-state index is 0.221. The normalized spacial score (nSPS) is 13.5. The lowest BCUT2D eigenvalue weighted by atomic mass is 9.86. The summed E-state index contributed by atoms with van der Waals surface area (Å²) < 4.78 is 0. The van der Waals surface area contributed by atoms with Gasteiger partial charge in [0.2, 0.25) is 0 Å². The maximum atomic E-state index is 4.16. The lowest BCUT2D eigenvalue weighted by Gasteiger charge is -2.20. The summed E-state index contributed by atoms with van der Waals surface area (Å²) in [5.74, 6) is 0. The number of aromatic nitrogens is 1. The molecule has 1 atom stereocenters. The van der Waals surface area contributed by atoms with E-state index >= 15 is 0 Å². The van der Waals surface area contributed by atoms with Gasteiger partial charge in [0.15, 0.2) is 0 Å². The van der Waals surface area contributed by atoms with Crippen LogP contribution in [0.4, 0.5) is 0 Å². The van der Waals surface area contributed by atoms with Gasteiger partial charge in [0.1, 0.15) is 0 Å². The summed E-state index contributed by atoms with van der Waals surface area (Å²) in [4.78, 5) is 5.45. The third-order valence-electron chi connectivity index (χ3n) is 3.40. The highest BCUT2D eigenvalue weighted by Gasteiger charge is 2.15. The highest BCUT2D eigenvalue weighted by molar-refractivity contribution is 7.09. The molecule has 3 heteroatoms. The largest absolute Gasteiger partial charge is 0.312 e. The van der Waals surface area contributed by atoms with Gasteiger partial charge in [0, 0.05) is 17.1 Å². The van der Waals surface area contributed by atoms with Gasteiger partial charge in [0.25, 0.3) is 0 Å². The van der Waals surface area contributed by atoms with Crippen LogP contribution < -0.4 is 5.32 Å². The molecule has 0 aliphatic rings. The van der Waals surface area contributed by atoms with Crippen LogP contribution in [-0.2, 0) is 11.8 Å². The average molecular weight is 274 g/mol. The summed E-state index contributed by atoms with van der Waals surface area (Å²) in [6.07, 6.45) is 2.96. The number of hydrogen-bond acceptors (Lipinski definition) is 3. The molecule has 0 spiro atoms. The standard InChI is InChI=1S/C16H22N2S/c1-16(2,3)13-7-5-12(6-8-13)9-14(17-4)15-10-18-11-19-15/h5-8,10-11,14,17H,9H2,1-4H3. The minimum absolute atomic E-state index is 0.221. The van der Waals surface area contributed by atoms with E-state index in [4.69, 9.17) is 0 Å². The van der Waals surface area contributed by atoms with Crippen LogP contribution >= 0.6 is 11.3 Å². The van der Waals surface area contributed by atoms with Gasteiger partial charge in [-0.25, -0.2) is 0 Å². The quantitative estimate of drug-likeness (QED) is 0.913. The van der Waals surface area contributed by atoms with Crippen LogP contribution in [0.1, 0.15) is 42.8 Å². The van der Waals surface area contributed by atoms with Crippen molar-refractivity contribution < 1.29 is 0 Å². The molecule has 2 aromatic rings. The fourth-order valence-corrected chi connectivity index (χ4v) is 2.85. The third kappa shape index (κ3) is 3.64. The van der Waals surface area contributed by atoms with E-state index in [9.17, 15) is 0 Å². The highest BCUT2D eigenvalue weighted by atomic mass is 32.1. The first-order valence-corrected chi connectivity index (χ1v) is 7.54. The van der Waals surface area contributed by atoms with E-state index in [2.05, 4.69) is 55.3 Å². The molecule has 19 heavy (non-hydrogen) atoms. The van der Waals surface area contributed by atoms with Crippen molar-refractivity contribution in [2.75, 3.05) is 7.05 Å². The zero-order valence-corrected chi connectivity index (χ0v) is 12.9. The number of nitrogens with zero attached hydrogens (tertiary/aromatic N) is 1. The number of thiazole rings is 1. The monoisotopic (exact) mass is 274 g/mol. The molecule has 0 fully saturated rings. The van der Waals surface area contributed by atoms with Crippen molar-refractivity contribution >= 4 is 11.3 Å². The van der Waals surface area contributed by atoms with Gasteiger partial charge in [0.05, 0.1) is 5.51 Å². The van der Waals surface area contributed by atoms with Crippen molar-refractivity contribution in [2.24, 2.45) is 0 Å². The molecule has 0 saturated heterocycles. The van der Waals surface area contributed by atoms with Crippen LogP contribution in [0.15, 0.2) is 36.0 Å². The van der Waals surface area contributed by atoms with Crippen LogP contribution in [-0.4, -0.2) is 12.0 Å². The van der Waals surface area contributed by atoms with Gasteiger partial charge in [-0.2, -0.15) is 0 Å². The van der Waals surface area contributed by atoms with Gasteiger partial charge < -0.3 is 5.32 Å². The molecule has 0 aliphatic carbocycles. The van der Waals surface area contributed by atoms with Crippen LogP contribution in [0.5, 0.6) is 0 Å². The fourth-order valence-electron chi connectivity index (χ4n) is 2.12. The molecule has 0 amide bonds. The van der Waals surface area contributed by atoms with Crippen LogP contribution in [0.25, 0.3) is 0 Å². The van der Waals surface area contributed by atoms with Gasteiger partial charge >= 0.3 is 0 Å². The maximum Gasteiger partial charge on any atom is 0.0794 e. The summed E-state index contributed by atoms with van der Waals surface area (Å²) in [6, 6.07) is 9.33. The summed E-state index contributed by atoms with van der Waals surface area (Å²) in [7, 11) is 2.01. The Bertz CT molecular complexity index is 495. The molecule has 0 aliphatic heterocycles. The van der Waals surface area contributed by atoms with E-state index in [0.717, 1.165) is 6.42 Å². The predicted octanol–water partition coefficient (Wildman–Crippen LogP) is 3.94. The summed E-state index contributed by atoms with van der Waals surface area (Å²) in [5.41, 5.74) is 4.86. The Morgan fingerprint density at radius 3 is 2.37 bits per heavy atom. The molecule has 1 heterocycles. The molecule has 0 saturated carbocycles. The lowest BCUT2D eigenvalue weighted by molar-refractivity contribution is 0.586. The van der Waals surface area contributed by atoms with E-state index in [1.165, 1.54) is 16.0 Å². The first kappa shape index (κ1) is 14.2. The highest BCUT2D eigenvalue weighted by Crippen LogP contribution is 2.25. The molecule has 0 radical (unpaired) electrons. The van der Waals surface area contributed by atoms with Crippen LogP contribution in [0.2, 0.25) is 0 Å². The molecule has 2 nitrogen and oxygen atoms in total. The Balaban J connectivity index is 2.11.